The zero-order valence-electron chi connectivity index (χ0n) is 36.0. The van der Waals surface area contributed by atoms with Crippen molar-refractivity contribution in [3.63, 3.8) is 0 Å². The third kappa shape index (κ3) is 11.3. The summed E-state index contributed by atoms with van der Waals surface area (Å²) in [6, 6.07) is 41.6. The topological polar surface area (TPSA) is 83.1 Å². The molecule has 0 saturated carbocycles. The molecular weight excluding hydrogens is 749 g/mol. The predicted octanol–water partition coefficient (Wildman–Crippen LogP) is 7.79. The summed E-state index contributed by atoms with van der Waals surface area (Å²) >= 11 is 0. The summed E-state index contributed by atoms with van der Waals surface area (Å²) in [5.74, 6) is -0.0963. The number of ether oxygens (including phenoxy) is 8. The molecule has 316 valence electrons. The molecule has 0 N–H and O–H groups in total. The highest BCUT2D eigenvalue weighted by Crippen LogP contribution is 2.38. The number of hydrogen-bond acceptors (Lipinski definition) is 9. The summed E-state index contributed by atoms with van der Waals surface area (Å²) in [4.78, 5) is 0. The Morgan fingerprint density at radius 1 is 0.638 bits per heavy atom. The van der Waals surface area contributed by atoms with Crippen molar-refractivity contribution in [2.24, 2.45) is 11.8 Å². The van der Waals surface area contributed by atoms with Crippen LogP contribution in [0, 0.1) is 11.8 Å². The molecule has 1 aliphatic heterocycles. The fraction of sp³-hybridized carbons (Fsp3) is 0.500. The van der Waals surface area contributed by atoms with Crippen LogP contribution in [0.15, 0.2) is 121 Å². The second kappa shape index (κ2) is 22.4. The van der Waals surface area contributed by atoms with Gasteiger partial charge < -0.3 is 42.3 Å². The van der Waals surface area contributed by atoms with Crippen LogP contribution in [0.25, 0.3) is 0 Å². The van der Waals surface area contributed by atoms with Crippen molar-refractivity contribution < 1.29 is 42.3 Å². The average molecular weight is 815 g/mol. The Kier molecular flexibility index (Phi) is 17.7. The Labute approximate surface area is 348 Å². The summed E-state index contributed by atoms with van der Waals surface area (Å²) in [6.45, 7) is 12.6. The van der Waals surface area contributed by atoms with Gasteiger partial charge in [0.25, 0.3) is 8.32 Å². The molecule has 10 heteroatoms. The van der Waals surface area contributed by atoms with Crippen molar-refractivity contribution in [1.82, 2.24) is 0 Å². The number of rotatable bonds is 22. The zero-order chi connectivity index (χ0) is 41.5. The van der Waals surface area contributed by atoms with Crippen LogP contribution in [0.4, 0.5) is 0 Å². The fourth-order valence-corrected chi connectivity index (χ4v) is 13.2. The number of hydrogen-bond donors (Lipinski definition) is 0. The molecule has 1 heterocycles. The van der Waals surface area contributed by atoms with E-state index in [1.54, 1.807) is 28.4 Å². The average Bonchev–Trinajstić information content (AvgIpc) is 3.25. The van der Waals surface area contributed by atoms with Gasteiger partial charge in [-0.25, -0.2) is 0 Å². The second-order valence-electron chi connectivity index (χ2n) is 16.4. The van der Waals surface area contributed by atoms with Gasteiger partial charge in [0.1, 0.15) is 25.1 Å². The van der Waals surface area contributed by atoms with Crippen LogP contribution in [0.2, 0.25) is 5.04 Å². The van der Waals surface area contributed by atoms with Crippen molar-refractivity contribution in [3.8, 4) is 0 Å². The molecule has 1 fully saturated rings. The Morgan fingerprint density at radius 2 is 1.14 bits per heavy atom. The van der Waals surface area contributed by atoms with E-state index in [1.165, 1.54) is 10.4 Å². The molecule has 58 heavy (non-hydrogen) atoms. The van der Waals surface area contributed by atoms with Gasteiger partial charge in [-0.05, 0) is 26.5 Å². The van der Waals surface area contributed by atoms with Gasteiger partial charge in [0.2, 0.25) is 0 Å². The minimum atomic E-state index is -2.77. The molecule has 0 unspecified atom stereocenters. The normalized spacial score (nSPS) is 22.3. The number of benzene rings is 4. The summed E-state index contributed by atoms with van der Waals surface area (Å²) in [6.07, 6.45) is -2.92. The predicted molar refractivity (Wildman–Crippen MR) is 231 cm³/mol. The minimum absolute atomic E-state index is 0.00485. The summed E-state index contributed by atoms with van der Waals surface area (Å²) < 4.78 is 58.0. The first-order valence-corrected chi connectivity index (χ1v) is 22.4. The standard InChI is InChI=1S/C48H66O9Si/c1-35(31-56-58(48(3,4)5,39-26-18-12-19-27-39)40-28-20-13-21-29-40)43(50-7)36(2)41(55-34-49-6)30-42-44(51-8)45(53-32-37-22-14-10-15-23-37)46(47(52-9)57-42)54-33-38-24-16-11-17-25-38/h10-29,35-36,41-47H,30-34H2,1-9H3/t35-,36-,41+,42+,43+,44-,45-,46+,47-/m0/s1. The highest BCUT2D eigenvalue weighted by Gasteiger charge is 2.52. The zero-order valence-corrected chi connectivity index (χ0v) is 37.0. The van der Waals surface area contributed by atoms with Crippen LogP contribution in [-0.4, -0.2) is 93.1 Å². The first-order valence-electron chi connectivity index (χ1n) is 20.5. The van der Waals surface area contributed by atoms with E-state index in [9.17, 15) is 0 Å². The highest BCUT2D eigenvalue weighted by atomic mass is 28.4. The monoisotopic (exact) mass is 814 g/mol. The minimum Gasteiger partial charge on any atom is -0.407 e. The van der Waals surface area contributed by atoms with Crippen LogP contribution in [0.1, 0.15) is 52.2 Å². The van der Waals surface area contributed by atoms with E-state index >= 15 is 0 Å². The smallest absolute Gasteiger partial charge is 0.261 e. The van der Waals surface area contributed by atoms with E-state index in [1.807, 2.05) is 60.7 Å². The van der Waals surface area contributed by atoms with Gasteiger partial charge in [0.15, 0.2) is 6.29 Å². The van der Waals surface area contributed by atoms with E-state index in [2.05, 4.69) is 95.3 Å². The van der Waals surface area contributed by atoms with Crippen LogP contribution < -0.4 is 10.4 Å². The molecule has 0 aromatic heterocycles. The Balaban J connectivity index is 1.39. The fourth-order valence-electron chi connectivity index (χ4n) is 8.55. The van der Waals surface area contributed by atoms with Gasteiger partial charge in [-0.2, -0.15) is 0 Å². The molecule has 0 aliphatic carbocycles. The van der Waals surface area contributed by atoms with E-state index in [4.69, 9.17) is 42.3 Å². The quantitative estimate of drug-likeness (QED) is 0.0584. The van der Waals surface area contributed by atoms with Crippen molar-refractivity contribution in [1.29, 1.82) is 0 Å². The lowest BCUT2D eigenvalue weighted by atomic mass is 9.85. The molecule has 9 atom stereocenters. The lowest BCUT2D eigenvalue weighted by molar-refractivity contribution is -0.318. The van der Waals surface area contributed by atoms with Crippen molar-refractivity contribution in [2.75, 3.05) is 41.8 Å². The largest absolute Gasteiger partial charge is 0.407 e. The summed E-state index contributed by atoms with van der Waals surface area (Å²) in [5, 5.41) is 2.33. The van der Waals surface area contributed by atoms with E-state index in [0.717, 1.165) is 11.1 Å². The Hall–Kier alpha value is -3.26. The molecule has 9 nitrogen and oxygen atoms in total. The molecule has 0 spiro atoms. The van der Waals surface area contributed by atoms with E-state index < -0.39 is 39.0 Å². The summed E-state index contributed by atoms with van der Waals surface area (Å²) in [7, 11) is 3.96. The molecule has 0 radical (unpaired) electrons. The Morgan fingerprint density at radius 3 is 1.59 bits per heavy atom. The molecule has 4 aromatic rings. The van der Waals surface area contributed by atoms with Crippen molar-refractivity contribution >= 4 is 18.7 Å². The third-order valence-electron chi connectivity index (χ3n) is 11.4. The molecule has 1 aliphatic rings. The van der Waals surface area contributed by atoms with Gasteiger partial charge in [-0.1, -0.05) is 156 Å². The highest BCUT2D eigenvalue weighted by molar-refractivity contribution is 6.99. The maximum atomic E-state index is 7.38. The lowest BCUT2D eigenvalue weighted by Gasteiger charge is -2.46. The van der Waals surface area contributed by atoms with Crippen LogP contribution in [0.5, 0.6) is 0 Å². The van der Waals surface area contributed by atoms with Crippen LogP contribution >= 0.6 is 0 Å². The van der Waals surface area contributed by atoms with E-state index in [-0.39, 0.29) is 35.9 Å². The molecular formula is C48H66O9Si. The molecule has 1 saturated heterocycles. The lowest BCUT2D eigenvalue weighted by Crippen LogP contribution is -2.67. The third-order valence-corrected chi connectivity index (χ3v) is 16.5. The van der Waals surface area contributed by atoms with Crippen molar-refractivity contribution in [3.05, 3.63) is 132 Å². The molecule has 4 aromatic carbocycles. The molecule has 5 rings (SSSR count). The SMILES string of the molecule is COCO[C@H](C[C@H]1O[C@H](OC)[C@H](OCc2ccccc2)[C@@H](OCc2ccccc2)[C@H]1OC)[C@H](C)[C@H](OC)[C@@H](C)CO[Si](c1ccccc1)(c1ccccc1)C(C)(C)C. The van der Waals surface area contributed by atoms with Gasteiger partial charge in [-0.3, -0.25) is 0 Å². The van der Waals surface area contributed by atoms with Gasteiger partial charge in [0.05, 0.1) is 31.5 Å². The maximum absolute atomic E-state index is 7.38. The number of methoxy groups -OCH3 is 4. The van der Waals surface area contributed by atoms with Crippen LogP contribution in [0.3, 0.4) is 0 Å². The van der Waals surface area contributed by atoms with Gasteiger partial charge >= 0.3 is 0 Å². The van der Waals surface area contributed by atoms with Gasteiger partial charge in [0, 0.05) is 53.3 Å². The van der Waals surface area contributed by atoms with Crippen LogP contribution in [-0.2, 0) is 55.5 Å². The molecule has 0 amide bonds. The maximum Gasteiger partial charge on any atom is 0.261 e. The first kappa shape index (κ1) is 45.8. The van der Waals surface area contributed by atoms with Gasteiger partial charge in [-0.15, -0.1) is 0 Å². The Bertz CT molecular complexity index is 1670. The van der Waals surface area contributed by atoms with Crippen molar-refractivity contribution in [2.45, 2.75) is 102 Å². The van der Waals surface area contributed by atoms with E-state index in [0.29, 0.717) is 26.2 Å². The molecule has 0 bridgehead atoms. The first-order chi connectivity index (χ1) is 28.1. The summed E-state index contributed by atoms with van der Waals surface area (Å²) in [5.41, 5.74) is 2.08. The second-order valence-corrected chi connectivity index (χ2v) is 20.7.